The van der Waals surface area contributed by atoms with E-state index >= 15 is 0 Å². The van der Waals surface area contributed by atoms with Crippen molar-refractivity contribution in [1.82, 2.24) is 10.2 Å². The third kappa shape index (κ3) is 1.25. The van der Waals surface area contributed by atoms with E-state index in [1.54, 1.807) is 0 Å². The molecule has 2 saturated heterocycles. The predicted octanol–water partition coefficient (Wildman–Crippen LogP) is 0.726. The van der Waals surface area contributed by atoms with Crippen LogP contribution >= 0.6 is 0 Å². The molecule has 0 spiro atoms. The maximum absolute atomic E-state index is 9.22. The van der Waals surface area contributed by atoms with Gasteiger partial charge >= 0.3 is 0 Å². The van der Waals surface area contributed by atoms with Crippen LogP contribution in [0.3, 0.4) is 0 Å². The van der Waals surface area contributed by atoms with Gasteiger partial charge < -0.3 is 5.32 Å². The molecule has 13 heavy (non-hydrogen) atoms. The van der Waals surface area contributed by atoms with Crippen LogP contribution in [0.5, 0.6) is 0 Å². The molecule has 72 valence electrons. The molecule has 2 aliphatic heterocycles. The van der Waals surface area contributed by atoms with Crippen LogP contribution in [0.1, 0.15) is 25.7 Å². The lowest BCUT2D eigenvalue weighted by Crippen LogP contribution is -2.53. The fourth-order valence-electron chi connectivity index (χ4n) is 2.78. The Morgan fingerprint density at radius 1 is 1.46 bits per heavy atom. The Kier molecular flexibility index (Phi) is 2.27. The van der Waals surface area contributed by atoms with Gasteiger partial charge in [0.15, 0.2) is 0 Å². The highest BCUT2D eigenvalue weighted by molar-refractivity contribution is 5.18. The van der Waals surface area contributed by atoms with Crippen molar-refractivity contribution in [2.75, 3.05) is 20.1 Å². The molecule has 0 radical (unpaired) electrons. The zero-order valence-corrected chi connectivity index (χ0v) is 8.21. The first-order chi connectivity index (χ1) is 6.32. The third-order valence-electron chi connectivity index (χ3n) is 3.62. The van der Waals surface area contributed by atoms with E-state index in [2.05, 4.69) is 16.3 Å². The molecule has 0 aromatic heterocycles. The molecular formula is C10H17N3. The molecule has 0 aromatic rings. The van der Waals surface area contributed by atoms with Crippen molar-refractivity contribution in [2.24, 2.45) is 0 Å². The van der Waals surface area contributed by atoms with Crippen molar-refractivity contribution in [3.8, 4) is 6.07 Å². The summed E-state index contributed by atoms with van der Waals surface area (Å²) in [4.78, 5) is 2.48. The highest BCUT2D eigenvalue weighted by Gasteiger charge is 2.47. The second-order valence-electron chi connectivity index (χ2n) is 4.13. The van der Waals surface area contributed by atoms with Gasteiger partial charge in [-0.15, -0.1) is 0 Å². The van der Waals surface area contributed by atoms with Crippen LogP contribution in [0.15, 0.2) is 0 Å². The number of nitrogens with one attached hydrogen (secondary N) is 1. The first-order valence-electron chi connectivity index (χ1n) is 5.16. The SMILES string of the molecule is CNC1(C#N)CCN2CCCCC21. The number of fused-ring (bicyclic) bond motifs is 1. The van der Waals surface area contributed by atoms with E-state index in [9.17, 15) is 5.26 Å². The molecule has 2 fully saturated rings. The van der Waals surface area contributed by atoms with Crippen LogP contribution in [-0.2, 0) is 0 Å². The quantitative estimate of drug-likeness (QED) is 0.645. The fraction of sp³-hybridized carbons (Fsp3) is 0.900. The summed E-state index contributed by atoms with van der Waals surface area (Å²) in [6, 6.07) is 2.94. The third-order valence-corrected chi connectivity index (χ3v) is 3.62. The molecule has 2 rings (SSSR count). The topological polar surface area (TPSA) is 39.1 Å². The molecule has 1 N–H and O–H groups in total. The van der Waals surface area contributed by atoms with Crippen molar-refractivity contribution in [2.45, 2.75) is 37.3 Å². The predicted molar refractivity (Wildman–Crippen MR) is 51.2 cm³/mol. The van der Waals surface area contributed by atoms with Gasteiger partial charge in [-0.1, -0.05) is 6.42 Å². The largest absolute Gasteiger partial charge is 0.301 e. The van der Waals surface area contributed by atoms with E-state index in [4.69, 9.17) is 0 Å². The molecular weight excluding hydrogens is 162 g/mol. The van der Waals surface area contributed by atoms with Crippen molar-refractivity contribution in [3.63, 3.8) is 0 Å². The number of nitrogens with zero attached hydrogens (tertiary/aromatic N) is 2. The molecule has 0 saturated carbocycles. The Morgan fingerprint density at radius 2 is 2.31 bits per heavy atom. The highest BCUT2D eigenvalue weighted by atomic mass is 15.2. The van der Waals surface area contributed by atoms with Crippen molar-refractivity contribution < 1.29 is 0 Å². The Bertz CT molecular complexity index is 233. The molecule has 2 atom stereocenters. The molecule has 2 aliphatic rings. The van der Waals surface area contributed by atoms with Crippen LogP contribution in [0.25, 0.3) is 0 Å². The molecule has 0 aromatic carbocycles. The zero-order chi connectivity index (χ0) is 9.31. The van der Waals surface area contributed by atoms with E-state index in [1.165, 1.54) is 25.8 Å². The van der Waals surface area contributed by atoms with Crippen LogP contribution in [0.2, 0.25) is 0 Å². The van der Waals surface area contributed by atoms with Gasteiger partial charge in [0, 0.05) is 12.6 Å². The van der Waals surface area contributed by atoms with Crippen LogP contribution in [-0.4, -0.2) is 36.6 Å². The summed E-state index contributed by atoms with van der Waals surface area (Å²) in [6.07, 6.45) is 4.77. The summed E-state index contributed by atoms with van der Waals surface area (Å²) >= 11 is 0. The Morgan fingerprint density at radius 3 is 3.00 bits per heavy atom. The number of hydrogen-bond donors (Lipinski definition) is 1. The van der Waals surface area contributed by atoms with Gasteiger partial charge in [0.1, 0.15) is 5.54 Å². The Labute approximate surface area is 79.7 Å². The molecule has 0 bridgehead atoms. The van der Waals surface area contributed by atoms with Crippen molar-refractivity contribution in [1.29, 1.82) is 5.26 Å². The minimum atomic E-state index is -0.250. The average molecular weight is 179 g/mol. The van der Waals surface area contributed by atoms with E-state index in [-0.39, 0.29) is 5.54 Å². The lowest BCUT2D eigenvalue weighted by molar-refractivity contribution is 0.164. The molecule has 0 aliphatic carbocycles. The van der Waals surface area contributed by atoms with E-state index < -0.39 is 0 Å². The van der Waals surface area contributed by atoms with Crippen molar-refractivity contribution in [3.05, 3.63) is 0 Å². The number of hydrogen-bond acceptors (Lipinski definition) is 3. The summed E-state index contributed by atoms with van der Waals surface area (Å²) in [5, 5.41) is 12.4. The average Bonchev–Trinajstić information content (AvgIpc) is 2.58. The molecule has 3 nitrogen and oxygen atoms in total. The van der Waals surface area contributed by atoms with Crippen LogP contribution in [0, 0.1) is 11.3 Å². The number of piperidine rings is 1. The summed E-state index contributed by atoms with van der Waals surface area (Å²) < 4.78 is 0. The maximum atomic E-state index is 9.22. The lowest BCUT2D eigenvalue weighted by Gasteiger charge is -2.36. The monoisotopic (exact) mass is 179 g/mol. The van der Waals surface area contributed by atoms with Gasteiger partial charge in [0.25, 0.3) is 0 Å². The van der Waals surface area contributed by atoms with Gasteiger partial charge in [-0.2, -0.15) is 5.26 Å². The minimum Gasteiger partial charge on any atom is -0.301 e. The molecule has 0 amide bonds. The first-order valence-corrected chi connectivity index (χ1v) is 5.16. The standard InChI is InChI=1S/C10H17N3/c1-12-10(8-11)5-7-13-6-3-2-4-9(10)13/h9,12H,2-7H2,1H3. The number of likely N-dealkylation sites (N-methyl/N-ethyl adjacent to an activating group) is 1. The molecule has 2 heterocycles. The normalized spacial score (nSPS) is 39.8. The Hall–Kier alpha value is -0.590. The second kappa shape index (κ2) is 3.28. The van der Waals surface area contributed by atoms with E-state index in [0.29, 0.717) is 6.04 Å². The smallest absolute Gasteiger partial charge is 0.123 e. The summed E-state index contributed by atoms with van der Waals surface area (Å²) in [5.74, 6) is 0. The van der Waals surface area contributed by atoms with Gasteiger partial charge in [0.05, 0.1) is 6.07 Å². The lowest BCUT2D eigenvalue weighted by atomic mass is 9.87. The van der Waals surface area contributed by atoms with Gasteiger partial charge in [0.2, 0.25) is 0 Å². The van der Waals surface area contributed by atoms with Crippen molar-refractivity contribution >= 4 is 0 Å². The molecule has 2 unspecified atom stereocenters. The summed E-state index contributed by atoms with van der Waals surface area (Å²) in [5.41, 5.74) is -0.250. The number of rotatable bonds is 1. The van der Waals surface area contributed by atoms with Gasteiger partial charge in [-0.05, 0) is 32.9 Å². The van der Waals surface area contributed by atoms with E-state index in [1.807, 2.05) is 7.05 Å². The zero-order valence-electron chi connectivity index (χ0n) is 8.21. The van der Waals surface area contributed by atoms with Gasteiger partial charge in [-0.25, -0.2) is 0 Å². The van der Waals surface area contributed by atoms with Crippen LogP contribution < -0.4 is 5.32 Å². The number of nitriles is 1. The fourth-order valence-corrected chi connectivity index (χ4v) is 2.78. The maximum Gasteiger partial charge on any atom is 0.123 e. The second-order valence-corrected chi connectivity index (χ2v) is 4.13. The minimum absolute atomic E-state index is 0.250. The van der Waals surface area contributed by atoms with Gasteiger partial charge in [-0.3, -0.25) is 4.90 Å². The first kappa shape index (κ1) is 8.98. The molecule has 3 heteroatoms. The van der Waals surface area contributed by atoms with E-state index in [0.717, 1.165) is 13.0 Å². The summed E-state index contributed by atoms with van der Waals surface area (Å²) in [6.45, 7) is 2.29. The highest BCUT2D eigenvalue weighted by Crippen LogP contribution is 2.34. The van der Waals surface area contributed by atoms with Crippen LogP contribution in [0.4, 0.5) is 0 Å². The summed E-state index contributed by atoms with van der Waals surface area (Å²) in [7, 11) is 1.92. The Balaban J connectivity index is 2.19.